The van der Waals surface area contributed by atoms with Crippen LogP contribution in [0, 0.1) is 0 Å². The minimum absolute atomic E-state index is 0.696. The van der Waals surface area contributed by atoms with E-state index < -0.39 is 0 Å². The second-order valence-electron chi connectivity index (χ2n) is 5.34. The summed E-state index contributed by atoms with van der Waals surface area (Å²) >= 11 is 1.87. The molecule has 0 unspecified atom stereocenters. The van der Waals surface area contributed by atoms with Crippen LogP contribution < -0.4 is 0 Å². The first-order valence-electron chi connectivity index (χ1n) is 7.26. The van der Waals surface area contributed by atoms with E-state index in [0.717, 1.165) is 5.03 Å². The van der Waals surface area contributed by atoms with Crippen molar-refractivity contribution in [3.63, 3.8) is 0 Å². The van der Waals surface area contributed by atoms with Crippen LogP contribution in [0.15, 0.2) is 29.4 Å². The monoisotopic (exact) mass is 279 g/mol. The molecular formula is C15H25N3S. The van der Waals surface area contributed by atoms with Gasteiger partial charge in [0.15, 0.2) is 0 Å². The molecule has 3 nitrogen and oxygen atoms in total. The molecular weight excluding hydrogens is 254 g/mol. The first-order valence-corrected chi connectivity index (χ1v) is 8.24. The molecule has 0 atom stereocenters. The van der Waals surface area contributed by atoms with Crippen LogP contribution in [0.1, 0.15) is 20.3 Å². The maximum absolute atomic E-state index is 4.34. The van der Waals surface area contributed by atoms with E-state index in [1.165, 1.54) is 44.9 Å². The summed E-state index contributed by atoms with van der Waals surface area (Å²) in [5.74, 6) is 1.17. The summed E-state index contributed by atoms with van der Waals surface area (Å²) in [5.41, 5.74) is 0. The molecule has 0 aliphatic carbocycles. The molecule has 0 N–H and O–H groups in total. The number of aromatic nitrogens is 1. The van der Waals surface area contributed by atoms with Crippen molar-refractivity contribution < 1.29 is 0 Å². The topological polar surface area (TPSA) is 19.4 Å². The minimum atomic E-state index is 0.696. The predicted octanol–water partition coefficient (Wildman–Crippen LogP) is 2.59. The number of thioether (sulfide) groups is 1. The Balaban J connectivity index is 1.57. The van der Waals surface area contributed by atoms with Crippen LogP contribution in [0.4, 0.5) is 0 Å². The van der Waals surface area contributed by atoms with Gasteiger partial charge in [0.2, 0.25) is 0 Å². The second kappa shape index (κ2) is 7.88. The quantitative estimate of drug-likeness (QED) is 0.588. The molecule has 1 saturated heterocycles. The highest BCUT2D eigenvalue weighted by Gasteiger charge is 2.17. The number of piperazine rings is 1. The van der Waals surface area contributed by atoms with Gasteiger partial charge in [-0.3, -0.25) is 4.90 Å². The zero-order valence-electron chi connectivity index (χ0n) is 12.1. The maximum atomic E-state index is 4.34. The maximum Gasteiger partial charge on any atom is 0.0959 e. The van der Waals surface area contributed by atoms with E-state index in [1.54, 1.807) is 0 Å². The van der Waals surface area contributed by atoms with Gasteiger partial charge < -0.3 is 4.90 Å². The Kier molecular flexibility index (Phi) is 6.14. The molecule has 0 spiro atoms. The van der Waals surface area contributed by atoms with Crippen LogP contribution in [0.3, 0.4) is 0 Å². The summed E-state index contributed by atoms with van der Waals surface area (Å²) in [6, 6.07) is 6.81. The molecule has 0 amide bonds. The molecule has 19 heavy (non-hydrogen) atoms. The van der Waals surface area contributed by atoms with Gasteiger partial charge in [0.1, 0.15) is 0 Å². The van der Waals surface area contributed by atoms with Gasteiger partial charge in [-0.1, -0.05) is 6.07 Å². The zero-order valence-corrected chi connectivity index (χ0v) is 12.9. The Labute approximate surface area is 121 Å². The SMILES string of the molecule is CC(C)N1CCN(CCCSc2ccccn2)CC1. The lowest BCUT2D eigenvalue weighted by atomic mass is 10.2. The summed E-state index contributed by atoms with van der Waals surface area (Å²) in [4.78, 5) is 9.50. The number of pyridine rings is 1. The van der Waals surface area contributed by atoms with E-state index in [1.807, 2.05) is 24.0 Å². The van der Waals surface area contributed by atoms with Crippen LogP contribution in [0.2, 0.25) is 0 Å². The highest BCUT2D eigenvalue weighted by atomic mass is 32.2. The van der Waals surface area contributed by atoms with E-state index in [-0.39, 0.29) is 0 Å². The lowest BCUT2D eigenvalue weighted by Crippen LogP contribution is -2.48. The first-order chi connectivity index (χ1) is 9.25. The van der Waals surface area contributed by atoms with Crippen molar-refractivity contribution in [1.82, 2.24) is 14.8 Å². The number of hydrogen-bond donors (Lipinski definition) is 0. The molecule has 1 aromatic heterocycles. The average molecular weight is 279 g/mol. The molecule has 2 heterocycles. The van der Waals surface area contributed by atoms with Crippen molar-refractivity contribution >= 4 is 11.8 Å². The molecule has 0 radical (unpaired) electrons. The summed E-state index contributed by atoms with van der Waals surface area (Å²) in [5, 5.41) is 1.15. The molecule has 0 aromatic carbocycles. The molecule has 106 valence electrons. The lowest BCUT2D eigenvalue weighted by molar-refractivity contribution is 0.109. The molecule has 4 heteroatoms. The van der Waals surface area contributed by atoms with Crippen LogP contribution in [-0.2, 0) is 0 Å². The molecule has 1 aliphatic heterocycles. The van der Waals surface area contributed by atoms with Gasteiger partial charge in [0.05, 0.1) is 5.03 Å². The normalized spacial score (nSPS) is 18.1. The Morgan fingerprint density at radius 2 is 2.00 bits per heavy atom. The Morgan fingerprint density at radius 3 is 2.63 bits per heavy atom. The Hall–Kier alpha value is -0.580. The third-order valence-electron chi connectivity index (χ3n) is 3.64. The third kappa shape index (κ3) is 5.13. The van der Waals surface area contributed by atoms with Crippen molar-refractivity contribution in [2.24, 2.45) is 0 Å². The fourth-order valence-corrected chi connectivity index (χ4v) is 3.19. The van der Waals surface area contributed by atoms with Crippen LogP contribution >= 0.6 is 11.8 Å². The highest BCUT2D eigenvalue weighted by molar-refractivity contribution is 7.99. The molecule has 2 rings (SSSR count). The van der Waals surface area contributed by atoms with Gasteiger partial charge >= 0.3 is 0 Å². The minimum Gasteiger partial charge on any atom is -0.301 e. The predicted molar refractivity (Wildman–Crippen MR) is 82.7 cm³/mol. The van der Waals surface area contributed by atoms with Crippen LogP contribution in [-0.4, -0.2) is 59.3 Å². The van der Waals surface area contributed by atoms with Crippen molar-refractivity contribution in [3.8, 4) is 0 Å². The molecule has 1 fully saturated rings. The van der Waals surface area contributed by atoms with Crippen molar-refractivity contribution in [2.45, 2.75) is 31.3 Å². The van der Waals surface area contributed by atoms with Crippen molar-refractivity contribution in [1.29, 1.82) is 0 Å². The fraction of sp³-hybridized carbons (Fsp3) is 0.667. The van der Waals surface area contributed by atoms with E-state index in [9.17, 15) is 0 Å². The van der Waals surface area contributed by atoms with Crippen LogP contribution in [0.25, 0.3) is 0 Å². The third-order valence-corrected chi connectivity index (χ3v) is 4.67. The van der Waals surface area contributed by atoms with Crippen molar-refractivity contribution in [3.05, 3.63) is 24.4 Å². The van der Waals surface area contributed by atoms with Gasteiger partial charge in [0.25, 0.3) is 0 Å². The zero-order chi connectivity index (χ0) is 13.5. The molecule has 0 bridgehead atoms. The van der Waals surface area contributed by atoms with Crippen molar-refractivity contribution in [2.75, 3.05) is 38.5 Å². The van der Waals surface area contributed by atoms with E-state index in [4.69, 9.17) is 0 Å². The van der Waals surface area contributed by atoms with Crippen LogP contribution in [0.5, 0.6) is 0 Å². The summed E-state index contributed by atoms with van der Waals surface area (Å²) in [6.45, 7) is 10.7. The van der Waals surface area contributed by atoms with Gasteiger partial charge in [-0.2, -0.15) is 0 Å². The summed E-state index contributed by atoms with van der Waals surface area (Å²) in [6.07, 6.45) is 3.12. The molecule has 0 saturated carbocycles. The van der Waals surface area contributed by atoms with E-state index >= 15 is 0 Å². The second-order valence-corrected chi connectivity index (χ2v) is 6.46. The Bertz CT molecular complexity index is 348. The van der Waals surface area contributed by atoms with Gasteiger partial charge in [-0.25, -0.2) is 4.98 Å². The summed E-state index contributed by atoms with van der Waals surface area (Å²) < 4.78 is 0. The lowest BCUT2D eigenvalue weighted by Gasteiger charge is -2.36. The molecule has 1 aliphatic rings. The largest absolute Gasteiger partial charge is 0.301 e. The van der Waals surface area contributed by atoms with E-state index in [0.29, 0.717) is 6.04 Å². The van der Waals surface area contributed by atoms with Gasteiger partial charge in [-0.15, -0.1) is 11.8 Å². The molecule has 1 aromatic rings. The standard InChI is InChI=1S/C15H25N3S/c1-14(2)18-11-9-17(10-12-18)8-5-13-19-15-6-3-4-7-16-15/h3-4,6-7,14H,5,8-13H2,1-2H3. The smallest absolute Gasteiger partial charge is 0.0959 e. The highest BCUT2D eigenvalue weighted by Crippen LogP contribution is 2.15. The van der Waals surface area contributed by atoms with Gasteiger partial charge in [-0.05, 0) is 38.9 Å². The Morgan fingerprint density at radius 1 is 1.21 bits per heavy atom. The number of hydrogen-bond acceptors (Lipinski definition) is 4. The van der Waals surface area contributed by atoms with E-state index in [2.05, 4.69) is 40.8 Å². The number of nitrogens with zero attached hydrogens (tertiary/aromatic N) is 3. The van der Waals surface area contributed by atoms with Gasteiger partial charge in [0, 0.05) is 44.2 Å². The first kappa shape index (κ1) is 14.8. The number of rotatable bonds is 6. The fourth-order valence-electron chi connectivity index (χ4n) is 2.40. The summed E-state index contributed by atoms with van der Waals surface area (Å²) in [7, 11) is 0. The average Bonchev–Trinajstić information content (AvgIpc) is 2.45.